The first-order valence-corrected chi connectivity index (χ1v) is 5.66. The van der Waals surface area contributed by atoms with Crippen LogP contribution in [0.3, 0.4) is 0 Å². The molecule has 76 valence electrons. The van der Waals surface area contributed by atoms with Crippen LogP contribution in [0.25, 0.3) is 0 Å². The van der Waals surface area contributed by atoms with Crippen LogP contribution in [0.1, 0.15) is 5.56 Å². The van der Waals surface area contributed by atoms with E-state index in [4.69, 9.17) is 0 Å². The molecule has 0 aromatic heterocycles. The molecule has 1 aromatic rings. The zero-order chi connectivity index (χ0) is 10.9. The molecule has 14 heavy (non-hydrogen) atoms. The molecule has 0 fully saturated rings. The van der Waals surface area contributed by atoms with E-state index >= 15 is 0 Å². The van der Waals surface area contributed by atoms with Crippen LogP contribution in [0.4, 0.5) is 5.69 Å². The van der Waals surface area contributed by atoms with Crippen LogP contribution < -0.4 is 0 Å². The van der Waals surface area contributed by atoms with Gasteiger partial charge in [0.2, 0.25) is 0 Å². The molecular weight excluding hydrogens is 206 g/mol. The highest BCUT2D eigenvalue weighted by atomic mass is 32.2. The van der Waals surface area contributed by atoms with E-state index in [0.717, 1.165) is 6.26 Å². The summed E-state index contributed by atoms with van der Waals surface area (Å²) in [4.78, 5) is 9.63. The monoisotopic (exact) mass is 215 g/mol. The average molecular weight is 215 g/mol. The topological polar surface area (TPSA) is 77.3 Å². The summed E-state index contributed by atoms with van der Waals surface area (Å²) in [6, 6.07) is 4.03. The zero-order valence-electron chi connectivity index (χ0n) is 7.72. The van der Waals surface area contributed by atoms with Crippen molar-refractivity contribution in [3.05, 3.63) is 33.9 Å². The second-order valence-corrected chi connectivity index (χ2v) is 4.98. The molecule has 0 N–H and O–H groups in total. The molecule has 1 aromatic carbocycles. The predicted octanol–water partition coefficient (Wildman–Crippen LogP) is 1.31. The molecule has 6 heteroatoms. The van der Waals surface area contributed by atoms with Gasteiger partial charge in [0, 0.05) is 12.3 Å². The number of nitro groups is 1. The van der Waals surface area contributed by atoms with E-state index in [1.54, 1.807) is 6.92 Å². The number of aryl methyl sites for hydroxylation is 1. The Morgan fingerprint density at radius 3 is 2.36 bits per heavy atom. The normalized spacial score (nSPS) is 11.3. The van der Waals surface area contributed by atoms with E-state index < -0.39 is 14.8 Å². The molecule has 0 aliphatic carbocycles. The lowest BCUT2D eigenvalue weighted by molar-refractivity contribution is -0.387. The van der Waals surface area contributed by atoms with Crippen molar-refractivity contribution in [1.29, 1.82) is 0 Å². The average Bonchev–Trinajstić information content (AvgIpc) is 2.01. The molecule has 1 rings (SSSR count). The highest BCUT2D eigenvalue weighted by molar-refractivity contribution is 7.90. The first-order valence-electron chi connectivity index (χ1n) is 3.77. The molecular formula is C8H9NO4S. The van der Waals surface area contributed by atoms with Crippen molar-refractivity contribution in [3.8, 4) is 0 Å². The Hall–Kier alpha value is -1.43. The van der Waals surface area contributed by atoms with Gasteiger partial charge in [-0.25, -0.2) is 8.42 Å². The van der Waals surface area contributed by atoms with Gasteiger partial charge < -0.3 is 0 Å². The van der Waals surface area contributed by atoms with Crippen molar-refractivity contribution in [2.75, 3.05) is 6.26 Å². The number of benzene rings is 1. The van der Waals surface area contributed by atoms with E-state index in [2.05, 4.69) is 0 Å². The van der Waals surface area contributed by atoms with E-state index in [-0.39, 0.29) is 10.6 Å². The third kappa shape index (κ3) is 2.08. The number of nitrogens with zero attached hydrogens (tertiary/aromatic N) is 1. The lowest BCUT2D eigenvalue weighted by Gasteiger charge is -2.00. The minimum absolute atomic E-state index is 0.242. The summed E-state index contributed by atoms with van der Waals surface area (Å²) in [6.07, 6.45) is 0.949. The number of rotatable bonds is 2. The second kappa shape index (κ2) is 3.38. The Labute approximate surface area is 81.4 Å². The maximum Gasteiger partial charge on any atom is 0.288 e. The Kier molecular flexibility index (Phi) is 2.57. The molecule has 0 unspecified atom stereocenters. The number of hydrogen-bond donors (Lipinski definition) is 0. The number of nitro benzene ring substituents is 1. The van der Waals surface area contributed by atoms with Gasteiger partial charge in [-0.05, 0) is 18.6 Å². The van der Waals surface area contributed by atoms with Gasteiger partial charge in [-0.2, -0.15) is 0 Å². The molecule has 0 saturated carbocycles. The molecule has 0 aliphatic heterocycles. The van der Waals surface area contributed by atoms with Gasteiger partial charge >= 0.3 is 0 Å². The summed E-state index contributed by atoms with van der Waals surface area (Å²) in [5.74, 6) is 0. The minimum Gasteiger partial charge on any atom is -0.258 e. The standard InChI is InChI=1S/C8H9NO4S/c1-6-3-4-8(14(2,12)13)7(5-6)9(10)11/h3-5H,1-2H3. The highest BCUT2D eigenvalue weighted by Gasteiger charge is 2.21. The fraction of sp³-hybridized carbons (Fsp3) is 0.250. The Morgan fingerprint density at radius 1 is 1.36 bits per heavy atom. The number of hydrogen-bond acceptors (Lipinski definition) is 4. The maximum atomic E-state index is 11.2. The van der Waals surface area contributed by atoms with Crippen molar-refractivity contribution in [3.63, 3.8) is 0 Å². The summed E-state index contributed by atoms with van der Waals surface area (Å²) in [5, 5.41) is 10.6. The van der Waals surface area contributed by atoms with Gasteiger partial charge in [0.25, 0.3) is 5.69 Å². The molecule has 0 aliphatic rings. The molecule has 5 nitrogen and oxygen atoms in total. The highest BCUT2D eigenvalue weighted by Crippen LogP contribution is 2.24. The molecule has 0 saturated heterocycles. The van der Waals surface area contributed by atoms with Gasteiger partial charge in [-0.15, -0.1) is 0 Å². The lowest BCUT2D eigenvalue weighted by Crippen LogP contribution is -2.02. The maximum absolute atomic E-state index is 11.2. The van der Waals surface area contributed by atoms with Crippen molar-refractivity contribution in [2.45, 2.75) is 11.8 Å². The fourth-order valence-electron chi connectivity index (χ4n) is 1.08. The van der Waals surface area contributed by atoms with E-state index in [9.17, 15) is 18.5 Å². The van der Waals surface area contributed by atoms with Crippen LogP contribution in [0.15, 0.2) is 23.1 Å². The summed E-state index contributed by atoms with van der Waals surface area (Å²) in [5.41, 5.74) is 0.289. The van der Waals surface area contributed by atoms with Crippen molar-refractivity contribution in [1.82, 2.24) is 0 Å². The van der Waals surface area contributed by atoms with Crippen LogP contribution in [0.2, 0.25) is 0 Å². The smallest absolute Gasteiger partial charge is 0.258 e. The first-order chi connectivity index (χ1) is 6.32. The third-order valence-electron chi connectivity index (χ3n) is 1.71. The van der Waals surface area contributed by atoms with E-state index in [0.29, 0.717) is 5.56 Å². The Balaban J connectivity index is 3.53. The summed E-state index contributed by atoms with van der Waals surface area (Å²) >= 11 is 0. The SMILES string of the molecule is Cc1ccc(S(C)(=O)=O)c([N+](=O)[O-])c1. The van der Waals surface area contributed by atoms with Crippen molar-refractivity contribution < 1.29 is 13.3 Å². The quantitative estimate of drug-likeness (QED) is 0.550. The van der Waals surface area contributed by atoms with Crippen LogP contribution in [0.5, 0.6) is 0 Å². The largest absolute Gasteiger partial charge is 0.288 e. The van der Waals surface area contributed by atoms with Crippen molar-refractivity contribution >= 4 is 15.5 Å². The van der Waals surface area contributed by atoms with Crippen molar-refractivity contribution in [2.24, 2.45) is 0 Å². The molecule has 0 amide bonds. The minimum atomic E-state index is -3.54. The summed E-state index contributed by atoms with van der Waals surface area (Å²) in [6.45, 7) is 1.67. The third-order valence-corrected chi connectivity index (χ3v) is 2.85. The molecule has 0 atom stereocenters. The fourth-order valence-corrected chi connectivity index (χ4v) is 1.91. The Morgan fingerprint density at radius 2 is 1.93 bits per heavy atom. The van der Waals surface area contributed by atoms with Gasteiger partial charge in [-0.3, -0.25) is 10.1 Å². The molecule has 0 bridgehead atoms. The van der Waals surface area contributed by atoms with E-state index in [1.165, 1.54) is 18.2 Å². The van der Waals surface area contributed by atoms with Gasteiger partial charge in [0.15, 0.2) is 9.84 Å². The number of sulfone groups is 1. The predicted molar refractivity (Wildman–Crippen MR) is 50.9 cm³/mol. The first kappa shape index (κ1) is 10.6. The van der Waals surface area contributed by atoms with Gasteiger partial charge in [0.05, 0.1) is 4.92 Å². The molecule has 0 spiro atoms. The summed E-state index contributed by atoms with van der Waals surface area (Å²) < 4.78 is 22.3. The van der Waals surface area contributed by atoms with Crippen LogP contribution >= 0.6 is 0 Å². The molecule has 0 heterocycles. The lowest BCUT2D eigenvalue weighted by atomic mass is 10.2. The van der Waals surface area contributed by atoms with Crippen LogP contribution in [-0.2, 0) is 9.84 Å². The van der Waals surface area contributed by atoms with Crippen LogP contribution in [0, 0.1) is 17.0 Å². The molecule has 0 radical (unpaired) electrons. The Bertz CT molecular complexity index is 478. The zero-order valence-corrected chi connectivity index (χ0v) is 8.54. The van der Waals surface area contributed by atoms with Gasteiger partial charge in [0.1, 0.15) is 4.90 Å². The second-order valence-electron chi connectivity index (χ2n) is 3.00. The van der Waals surface area contributed by atoms with Crippen LogP contribution in [-0.4, -0.2) is 19.6 Å². The summed E-state index contributed by atoms with van der Waals surface area (Å²) in [7, 11) is -3.54. The van der Waals surface area contributed by atoms with E-state index in [1.807, 2.05) is 0 Å². The van der Waals surface area contributed by atoms with Gasteiger partial charge in [-0.1, -0.05) is 6.07 Å².